The fourth-order valence-corrected chi connectivity index (χ4v) is 4.96. The maximum absolute atomic E-state index is 12.2. The van der Waals surface area contributed by atoms with Gasteiger partial charge in [-0.2, -0.15) is 0 Å². The molecule has 0 spiro atoms. The number of hydrogen-bond acceptors (Lipinski definition) is 4. The Morgan fingerprint density at radius 2 is 1.65 bits per heavy atom. The van der Waals surface area contributed by atoms with Crippen LogP contribution in [0.15, 0.2) is 35.2 Å². The minimum absolute atomic E-state index is 0.0985. The summed E-state index contributed by atoms with van der Waals surface area (Å²) in [5.41, 5.74) is -0.0985. The Kier molecular flexibility index (Phi) is 6.06. The van der Waals surface area contributed by atoms with Gasteiger partial charge in [-0.05, 0) is 26.0 Å². The third kappa shape index (κ3) is 4.72. The van der Waals surface area contributed by atoms with Crippen LogP contribution in [0.3, 0.4) is 0 Å². The molecule has 0 radical (unpaired) electrons. The van der Waals surface area contributed by atoms with Crippen molar-refractivity contribution in [2.24, 2.45) is 0 Å². The summed E-state index contributed by atoms with van der Waals surface area (Å²) in [6.07, 6.45) is 0. The molecule has 0 fully saturated rings. The molecule has 0 saturated carbocycles. The molecule has 0 amide bonds. The summed E-state index contributed by atoms with van der Waals surface area (Å²) in [5, 5.41) is 0. The maximum atomic E-state index is 12.2. The lowest BCUT2D eigenvalue weighted by Crippen LogP contribution is -2.05. The van der Waals surface area contributed by atoms with Crippen LogP contribution in [0.1, 0.15) is 13.8 Å². The van der Waals surface area contributed by atoms with Gasteiger partial charge < -0.3 is 9.05 Å². The molecule has 0 N–H and O–H groups in total. The van der Waals surface area contributed by atoms with E-state index in [1.165, 1.54) is 0 Å². The van der Waals surface area contributed by atoms with E-state index in [2.05, 4.69) is 0 Å². The Hall–Kier alpha value is -0.480. The van der Waals surface area contributed by atoms with E-state index in [0.717, 1.165) is 0 Å². The van der Waals surface area contributed by atoms with Gasteiger partial charge in [-0.3, -0.25) is 8.77 Å². The van der Waals surface area contributed by atoms with E-state index >= 15 is 0 Å². The van der Waals surface area contributed by atoms with Crippen molar-refractivity contribution >= 4 is 18.4 Å². The highest BCUT2D eigenvalue weighted by Crippen LogP contribution is 2.49. The van der Waals surface area contributed by atoms with Crippen LogP contribution in [0.2, 0.25) is 0 Å². The molecule has 0 saturated heterocycles. The second-order valence-electron chi connectivity index (χ2n) is 3.23. The Labute approximate surface area is 104 Å². The third-order valence-corrected chi connectivity index (χ3v) is 6.24. The van der Waals surface area contributed by atoms with Gasteiger partial charge in [-0.25, -0.2) is 0 Å². The van der Waals surface area contributed by atoms with E-state index in [4.69, 9.17) is 9.05 Å². The summed E-state index contributed by atoms with van der Waals surface area (Å²) >= 11 is 0. The van der Waals surface area contributed by atoms with Crippen LogP contribution in [0.5, 0.6) is 0 Å². The molecule has 4 nitrogen and oxygen atoms in total. The zero-order valence-corrected chi connectivity index (χ0v) is 11.7. The lowest BCUT2D eigenvalue weighted by Gasteiger charge is -2.16. The highest BCUT2D eigenvalue weighted by Gasteiger charge is 2.27. The van der Waals surface area contributed by atoms with Crippen molar-refractivity contribution in [1.29, 1.82) is 0 Å². The number of hydrogen-bond donors (Lipinski definition) is 0. The molecule has 17 heavy (non-hydrogen) atoms. The van der Waals surface area contributed by atoms with Crippen molar-refractivity contribution in [2.75, 3.05) is 18.7 Å². The van der Waals surface area contributed by atoms with E-state index < -0.39 is 18.4 Å². The van der Waals surface area contributed by atoms with Crippen molar-refractivity contribution < 1.29 is 17.8 Å². The first kappa shape index (κ1) is 14.6. The number of benzene rings is 1. The Morgan fingerprint density at radius 3 is 2.12 bits per heavy atom. The second kappa shape index (κ2) is 7.07. The van der Waals surface area contributed by atoms with Crippen LogP contribution in [0.4, 0.5) is 0 Å². The van der Waals surface area contributed by atoms with Crippen LogP contribution >= 0.6 is 7.60 Å². The molecule has 1 aromatic carbocycles. The Morgan fingerprint density at radius 1 is 1.12 bits per heavy atom. The molecule has 0 bridgehead atoms. The van der Waals surface area contributed by atoms with E-state index in [9.17, 15) is 8.77 Å². The Bertz CT molecular complexity index is 397. The molecule has 0 heterocycles. The van der Waals surface area contributed by atoms with Crippen molar-refractivity contribution in [1.82, 2.24) is 0 Å². The lowest BCUT2D eigenvalue weighted by atomic mass is 10.4. The average Bonchev–Trinajstić information content (AvgIpc) is 2.30. The molecular weight excluding hydrogens is 259 g/mol. The van der Waals surface area contributed by atoms with Gasteiger partial charge in [0.1, 0.15) is 5.49 Å². The number of rotatable bonds is 7. The molecule has 1 aromatic rings. The van der Waals surface area contributed by atoms with Gasteiger partial charge in [-0.1, -0.05) is 18.2 Å². The average molecular weight is 276 g/mol. The van der Waals surface area contributed by atoms with Crippen molar-refractivity contribution in [3.63, 3.8) is 0 Å². The molecule has 0 aromatic heterocycles. The molecule has 6 heteroatoms. The van der Waals surface area contributed by atoms with Crippen molar-refractivity contribution in [3.8, 4) is 0 Å². The summed E-state index contributed by atoms with van der Waals surface area (Å²) in [6.45, 7) is 4.03. The first-order valence-electron chi connectivity index (χ1n) is 5.43. The van der Waals surface area contributed by atoms with E-state index in [0.29, 0.717) is 4.90 Å². The fraction of sp³-hybridized carbons (Fsp3) is 0.455. The summed E-state index contributed by atoms with van der Waals surface area (Å²) in [6, 6.07) is 8.89. The maximum Gasteiger partial charge on any atom is 0.343 e. The molecule has 1 rings (SSSR count). The molecule has 0 aliphatic rings. The molecule has 96 valence electrons. The summed E-state index contributed by atoms with van der Waals surface area (Å²) < 4.78 is 34.4. The monoisotopic (exact) mass is 276 g/mol. The highest BCUT2D eigenvalue weighted by atomic mass is 32.2. The van der Waals surface area contributed by atoms with E-state index in [-0.39, 0.29) is 18.7 Å². The quantitative estimate of drug-likeness (QED) is 0.718. The standard InChI is InChI=1S/C11H17O4PS/c1-3-14-16(12,15-4-2)10-17(13)11-8-6-5-7-9-11/h5-9H,3-4,10H2,1-2H3/t17-/m1/s1. The topological polar surface area (TPSA) is 52.6 Å². The molecular formula is C11H17O4PS. The van der Waals surface area contributed by atoms with Crippen LogP contribution in [-0.4, -0.2) is 22.9 Å². The Balaban J connectivity index is 2.74. The largest absolute Gasteiger partial charge is 0.343 e. The van der Waals surface area contributed by atoms with Gasteiger partial charge in [0.05, 0.1) is 24.0 Å². The summed E-state index contributed by atoms with van der Waals surface area (Å²) in [4.78, 5) is 0.632. The van der Waals surface area contributed by atoms with E-state index in [1.54, 1.807) is 38.1 Å². The normalized spacial score (nSPS) is 13.5. The highest BCUT2D eigenvalue weighted by molar-refractivity contribution is 7.92. The predicted octanol–water partition coefficient (Wildman–Crippen LogP) is 3.02. The first-order valence-corrected chi connectivity index (χ1v) is 8.47. The summed E-state index contributed by atoms with van der Waals surface area (Å²) in [7, 11) is -4.61. The van der Waals surface area contributed by atoms with Crippen LogP contribution < -0.4 is 0 Å². The second-order valence-corrected chi connectivity index (χ2v) is 7.17. The smallest absolute Gasteiger partial charge is 0.308 e. The SMILES string of the molecule is CCOP(=O)(C[S@@](=O)c1ccccc1)OCC. The van der Waals surface area contributed by atoms with Crippen LogP contribution in [-0.2, 0) is 24.4 Å². The van der Waals surface area contributed by atoms with Gasteiger partial charge in [0.25, 0.3) is 0 Å². The predicted molar refractivity (Wildman–Crippen MR) is 68.6 cm³/mol. The van der Waals surface area contributed by atoms with Crippen LogP contribution in [0, 0.1) is 0 Å². The lowest BCUT2D eigenvalue weighted by molar-refractivity contribution is 0.224. The van der Waals surface area contributed by atoms with Gasteiger partial charge in [0.2, 0.25) is 0 Å². The van der Waals surface area contributed by atoms with Gasteiger partial charge >= 0.3 is 7.60 Å². The zero-order valence-electron chi connectivity index (χ0n) is 10.00. The van der Waals surface area contributed by atoms with Gasteiger partial charge in [-0.15, -0.1) is 0 Å². The van der Waals surface area contributed by atoms with Crippen molar-refractivity contribution in [2.45, 2.75) is 18.7 Å². The van der Waals surface area contributed by atoms with Crippen LogP contribution in [0.25, 0.3) is 0 Å². The molecule has 0 unspecified atom stereocenters. The minimum Gasteiger partial charge on any atom is -0.308 e. The van der Waals surface area contributed by atoms with E-state index in [1.807, 2.05) is 6.07 Å². The molecule has 0 aliphatic carbocycles. The molecule has 0 aliphatic heterocycles. The fourth-order valence-electron chi connectivity index (χ4n) is 1.30. The van der Waals surface area contributed by atoms with Crippen molar-refractivity contribution in [3.05, 3.63) is 30.3 Å². The van der Waals surface area contributed by atoms with Gasteiger partial charge in [0, 0.05) is 4.90 Å². The summed E-state index contributed by atoms with van der Waals surface area (Å²) in [5.74, 6) is 0. The molecule has 1 atom stereocenters. The van der Waals surface area contributed by atoms with Gasteiger partial charge in [0.15, 0.2) is 0 Å². The zero-order chi connectivity index (χ0) is 12.7. The third-order valence-electron chi connectivity index (χ3n) is 1.93. The minimum atomic E-state index is -3.24. The first-order chi connectivity index (χ1) is 8.11.